The van der Waals surface area contributed by atoms with Crippen LogP contribution in [0.1, 0.15) is 44.1 Å². The molecule has 0 radical (unpaired) electrons. The van der Waals surface area contributed by atoms with Crippen LogP contribution in [0.5, 0.6) is 17.2 Å². The third kappa shape index (κ3) is 4.75. The van der Waals surface area contributed by atoms with Crippen LogP contribution < -0.4 is 19.5 Å². The van der Waals surface area contributed by atoms with Crippen molar-refractivity contribution < 1.29 is 19.3 Å². The predicted molar refractivity (Wildman–Crippen MR) is 90.5 cm³/mol. The van der Waals surface area contributed by atoms with Gasteiger partial charge in [-0.05, 0) is 18.9 Å². The lowest BCUT2D eigenvalue weighted by atomic mass is 9.94. The van der Waals surface area contributed by atoms with Crippen molar-refractivity contribution in [1.29, 1.82) is 0 Å². The minimum absolute atomic E-state index is 0.583. The third-order valence-corrected chi connectivity index (χ3v) is 4.59. The zero-order chi connectivity index (χ0) is 16.7. The molecule has 1 aromatic carbocycles. The van der Waals surface area contributed by atoms with Gasteiger partial charge in [0.15, 0.2) is 11.5 Å². The molecule has 0 amide bonds. The Labute approximate surface area is 138 Å². The number of hydrogen-bond acceptors (Lipinski definition) is 5. The number of hydrogen-bond donors (Lipinski definition) is 2. The SMILES string of the molecule is COc1cc(OC)c(OC)cc1CNCC1(O)CCCCCC1. The van der Waals surface area contributed by atoms with Crippen molar-refractivity contribution in [3.8, 4) is 17.2 Å². The van der Waals surface area contributed by atoms with Crippen molar-refractivity contribution >= 4 is 0 Å². The van der Waals surface area contributed by atoms with Gasteiger partial charge >= 0.3 is 0 Å². The summed E-state index contributed by atoms with van der Waals surface area (Å²) in [6, 6.07) is 3.75. The first-order valence-corrected chi connectivity index (χ1v) is 8.34. The molecule has 2 rings (SSSR count). The summed E-state index contributed by atoms with van der Waals surface area (Å²) in [4.78, 5) is 0. The Morgan fingerprint density at radius 2 is 1.48 bits per heavy atom. The molecular weight excluding hydrogens is 294 g/mol. The van der Waals surface area contributed by atoms with Gasteiger partial charge in [0.25, 0.3) is 0 Å². The second kappa shape index (κ2) is 8.41. The largest absolute Gasteiger partial charge is 0.496 e. The van der Waals surface area contributed by atoms with Gasteiger partial charge in [-0.15, -0.1) is 0 Å². The average Bonchev–Trinajstić information content (AvgIpc) is 2.79. The van der Waals surface area contributed by atoms with Crippen LogP contribution in [-0.2, 0) is 6.54 Å². The Morgan fingerprint density at radius 1 is 0.913 bits per heavy atom. The van der Waals surface area contributed by atoms with Crippen molar-refractivity contribution in [2.45, 2.75) is 50.7 Å². The van der Waals surface area contributed by atoms with Crippen LogP contribution >= 0.6 is 0 Å². The molecule has 130 valence electrons. The van der Waals surface area contributed by atoms with E-state index in [0.29, 0.717) is 24.6 Å². The van der Waals surface area contributed by atoms with Gasteiger partial charge in [-0.2, -0.15) is 0 Å². The molecule has 0 unspecified atom stereocenters. The highest BCUT2D eigenvalue weighted by atomic mass is 16.5. The molecular formula is C18H29NO4. The fourth-order valence-electron chi connectivity index (χ4n) is 3.22. The van der Waals surface area contributed by atoms with Crippen molar-refractivity contribution in [2.24, 2.45) is 0 Å². The molecule has 0 atom stereocenters. The van der Waals surface area contributed by atoms with E-state index in [2.05, 4.69) is 5.32 Å². The number of ether oxygens (including phenoxy) is 3. The number of benzene rings is 1. The minimum atomic E-state index is -0.583. The Bertz CT molecular complexity index is 496. The first kappa shape index (κ1) is 17.9. The molecule has 0 aromatic heterocycles. The molecule has 1 aromatic rings. The van der Waals surface area contributed by atoms with Gasteiger partial charge < -0.3 is 24.6 Å². The van der Waals surface area contributed by atoms with E-state index in [-0.39, 0.29) is 0 Å². The minimum Gasteiger partial charge on any atom is -0.496 e. The Morgan fingerprint density at radius 3 is 2.04 bits per heavy atom. The van der Waals surface area contributed by atoms with Gasteiger partial charge in [-0.3, -0.25) is 0 Å². The zero-order valence-electron chi connectivity index (χ0n) is 14.5. The van der Waals surface area contributed by atoms with E-state index in [1.807, 2.05) is 12.1 Å². The Hall–Kier alpha value is -1.46. The summed E-state index contributed by atoms with van der Waals surface area (Å²) in [5, 5.41) is 14.1. The van der Waals surface area contributed by atoms with Crippen molar-refractivity contribution in [3.05, 3.63) is 17.7 Å². The van der Waals surface area contributed by atoms with Crippen LogP contribution in [0.3, 0.4) is 0 Å². The normalized spacial score (nSPS) is 17.4. The Balaban J connectivity index is 2.01. The fraction of sp³-hybridized carbons (Fsp3) is 0.667. The third-order valence-electron chi connectivity index (χ3n) is 4.59. The van der Waals surface area contributed by atoms with E-state index in [1.54, 1.807) is 21.3 Å². The second-order valence-electron chi connectivity index (χ2n) is 6.26. The molecule has 1 fully saturated rings. The average molecular weight is 323 g/mol. The standard InChI is InChI=1S/C18H29NO4/c1-21-15-11-17(23-3)16(22-2)10-14(15)12-19-13-18(20)8-6-4-5-7-9-18/h10-11,19-20H,4-9,12-13H2,1-3H3. The molecule has 5 heteroatoms. The van der Waals surface area contributed by atoms with Crippen LogP contribution in [0.25, 0.3) is 0 Å². The van der Waals surface area contributed by atoms with E-state index in [0.717, 1.165) is 37.0 Å². The summed E-state index contributed by atoms with van der Waals surface area (Å²) in [5.41, 5.74) is 0.405. The molecule has 5 nitrogen and oxygen atoms in total. The van der Waals surface area contributed by atoms with Crippen LogP contribution in [0, 0.1) is 0 Å². The lowest BCUT2D eigenvalue weighted by Crippen LogP contribution is -2.39. The number of nitrogens with one attached hydrogen (secondary N) is 1. The fourth-order valence-corrected chi connectivity index (χ4v) is 3.22. The van der Waals surface area contributed by atoms with Gasteiger partial charge in [0.2, 0.25) is 0 Å². The molecule has 1 aliphatic carbocycles. The smallest absolute Gasteiger partial charge is 0.164 e. The summed E-state index contributed by atoms with van der Waals surface area (Å²) in [7, 11) is 4.87. The lowest BCUT2D eigenvalue weighted by Gasteiger charge is -2.27. The van der Waals surface area contributed by atoms with E-state index in [4.69, 9.17) is 14.2 Å². The van der Waals surface area contributed by atoms with Crippen LogP contribution in [0.15, 0.2) is 12.1 Å². The van der Waals surface area contributed by atoms with Crippen LogP contribution in [-0.4, -0.2) is 38.6 Å². The summed E-state index contributed by atoms with van der Waals surface area (Å²) < 4.78 is 16.1. The first-order valence-electron chi connectivity index (χ1n) is 8.34. The molecule has 1 saturated carbocycles. The van der Waals surface area contributed by atoms with Crippen molar-refractivity contribution in [2.75, 3.05) is 27.9 Å². The second-order valence-corrected chi connectivity index (χ2v) is 6.26. The van der Waals surface area contributed by atoms with E-state index >= 15 is 0 Å². The highest BCUT2D eigenvalue weighted by molar-refractivity contribution is 5.50. The van der Waals surface area contributed by atoms with E-state index in [9.17, 15) is 5.11 Å². The highest BCUT2D eigenvalue weighted by Crippen LogP contribution is 2.34. The van der Waals surface area contributed by atoms with Gasteiger partial charge in [0.1, 0.15) is 5.75 Å². The van der Waals surface area contributed by atoms with Crippen molar-refractivity contribution in [3.63, 3.8) is 0 Å². The van der Waals surface area contributed by atoms with Gasteiger partial charge in [0, 0.05) is 24.7 Å². The van der Waals surface area contributed by atoms with Gasteiger partial charge in [0.05, 0.1) is 26.9 Å². The number of aliphatic hydroxyl groups is 1. The first-order chi connectivity index (χ1) is 11.1. The van der Waals surface area contributed by atoms with Gasteiger partial charge in [-0.25, -0.2) is 0 Å². The molecule has 0 aliphatic heterocycles. The topological polar surface area (TPSA) is 60.0 Å². The molecule has 0 bridgehead atoms. The monoisotopic (exact) mass is 323 g/mol. The maximum atomic E-state index is 10.7. The number of methoxy groups -OCH3 is 3. The van der Waals surface area contributed by atoms with Crippen LogP contribution in [0.4, 0.5) is 0 Å². The predicted octanol–water partition coefficient (Wildman–Crippen LogP) is 2.89. The Kier molecular flexibility index (Phi) is 6.54. The molecule has 2 N–H and O–H groups in total. The zero-order valence-corrected chi connectivity index (χ0v) is 14.5. The summed E-state index contributed by atoms with van der Waals surface area (Å²) >= 11 is 0. The molecule has 0 spiro atoms. The highest BCUT2D eigenvalue weighted by Gasteiger charge is 2.27. The molecule has 1 aliphatic rings. The maximum Gasteiger partial charge on any atom is 0.164 e. The van der Waals surface area contributed by atoms with E-state index < -0.39 is 5.60 Å². The summed E-state index contributed by atoms with van der Waals surface area (Å²) in [5.74, 6) is 2.08. The van der Waals surface area contributed by atoms with Crippen LogP contribution in [0.2, 0.25) is 0 Å². The van der Waals surface area contributed by atoms with Crippen molar-refractivity contribution in [1.82, 2.24) is 5.32 Å². The number of rotatable bonds is 7. The van der Waals surface area contributed by atoms with E-state index in [1.165, 1.54) is 12.8 Å². The molecule has 0 saturated heterocycles. The quantitative estimate of drug-likeness (QED) is 0.756. The van der Waals surface area contributed by atoms with Gasteiger partial charge in [-0.1, -0.05) is 25.7 Å². The summed E-state index contributed by atoms with van der Waals surface area (Å²) in [6.45, 7) is 1.22. The lowest BCUT2D eigenvalue weighted by molar-refractivity contribution is 0.0250. The maximum absolute atomic E-state index is 10.7. The molecule has 23 heavy (non-hydrogen) atoms. The molecule has 0 heterocycles. The summed E-state index contributed by atoms with van der Waals surface area (Å²) in [6.07, 6.45) is 6.43.